The van der Waals surface area contributed by atoms with Crippen molar-refractivity contribution >= 4 is 17.4 Å². The van der Waals surface area contributed by atoms with Gasteiger partial charge in [-0.1, -0.05) is 24.9 Å². The molecule has 2 unspecified atom stereocenters. The van der Waals surface area contributed by atoms with Gasteiger partial charge in [0.15, 0.2) is 0 Å². The molecule has 2 rings (SSSR count). The molecule has 2 atom stereocenters. The Hall–Kier alpha value is -0.870. The van der Waals surface area contributed by atoms with E-state index in [-0.39, 0.29) is 6.10 Å². The van der Waals surface area contributed by atoms with E-state index < -0.39 is 0 Å². The van der Waals surface area contributed by atoms with Gasteiger partial charge in [-0.25, -0.2) is 9.97 Å². The third kappa shape index (κ3) is 2.59. The lowest BCUT2D eigenvalue weighted by Gasteiger charge is -2.29. The third-order valence-electron chi connectivity index (χ3n) is 3.54. The topological polar surface area (TPSA) is 38.2 Å². The summed E-state index contributed by atoms with van der Waals surface area (Å²) in [5.74, 6) is 0.944. The van der Waals surface area contributed by atoms with Crippen molar-refractivity contribution in [2.75, 3.05) is 18.6 Å². The number of ether oxygens (including phenoxy) is 1. The van der Waals surface area contributed by atoms with E-state index in [0.717, 1.165) is 37.3 Å². The standard InChI is InChI=1S/C13H20ClN3O/c1-4-5-10-12(14)15-8-16-13(10)17(3)11-6-7-18-9(11)2/h8-9,11H,4-7H2,1-3H3. The Morgan fingerprint density at radius 1 is 1.50 bits per heavy atom. The Morgan fingerprint density at radius 2 is 2.28 bits per heavy atom. The van der Waals surface area contributed by atoms with Crippen LogP contribution in [0.25, 0.3) is 0 Å². The fourth-order valence-electron chi connectivity index (χ4n) is 2.54. The Balaban J connectivity index is 2.29. The fourth-order valence-corrected chi connectivity index (χ4v) is 2.76. The molecule has 1 saturated heterocycles. The van der Waals surface area contributed by atoms with Crippen LogP contribution in [0.15, 0.2) is 6.33 Å². The maximum Gasteiger partial charge on any atom is 0.137 e. The van der Waals surface area contributed by atoms with E-state index in [2.05, 4.69) is 35.8 Å². The summed E-state index contributed by atoms with van der Waals surface area (Å²) in [6, 6.07) is 0.367. The van der Waals surface area contributed by atoms with Crippen molar-refractivity contribution in [1.29, 1.82) is 0 Å². The van der Waals surface area contributed by atoms with Crippen LogP contribution in [0.3, 0.4) is 0 Å². The van der Waals surface area contributed by atoms with E-state index in [9.17, 15) is 0 Å². The van der Waals surface area contributed by atoms with Crippen LogP contribution < -0.4 is 4.90 Å². The van der Waals surface area contributed by atoms with Gasteiger partial charge in [0, 0.05) is 19.2 Å². The van der Waals surface area contributed by atoms with E-state index in [1.807, 2.05) is 0 Å². The van der Waals surface area contributed by atoms with E-state index >= 15 is 0 Å². The van der Waals surface area contributed by atoms with Crippen LogP contribution in [0.1, 0.15) is 32.3 Å². The Bertz CT molecular complexity index is 413. The summed E-state index contributed by atoms with van der Waals surface area (Å²) < 4.78 is 5.62. The van der Waals surface area contributed by atoms with Crippen molar-refractivity contribution in [3.63, 3.8) is 0 Å². The van der Waals surface area contributed by atoms with Crippen molar-refractivity contribution in [2.24, 2.45) is 0 Å². The molecule has 0 spiro atoms. The molecule has 5 heteroatoms. The highest BCUT2D eigenvalue weighted by Gasteiger charge is 2.30. The maximum atomic E-state index is 6.19. The summed E-state index contributed by atoms with van der Waals surface area (Å²) in [6.45, 7) is 5.06. The molecule has 1 aliphatic heterocycles. The quantitative estimate of drug-likeness (QED) is 0.788. The van der Waals surface area contributed by atoms with Gasteiger partial charge in [-0.2, -0.15) is 0 Å². The van der Waals surface area contributed by atoms with Gasteiger partial charge < -0.3 is 9.64 Å². The van der Waals surface area contributed by atoms with E-state index in [0.29, 0.717) is 11.2 Å². The minimum absolute atomic E-state index is 0.234. The predicted octanol–water partition coefficient (Wildman–Crippen LogP) is 2.70. The van der Waals surface area contributed by atoms with Gasteiger partial charge >= 0.3 is 0 Å². The summed E-state index contributed by atoms with van der Waals surface area (Å²) in [5, 5.41) is 0.570. The smallest absolute Gasteiger partial charge is 0.137 e. The van der Waals surface area contributed by atoms with E-state index in [4.69, 9.17) is 16.3 Å². The van der Waals surface area contributed by atoms with Crippen LogP contribution >= 0.6 is 11.6 Å². The molecule has 1 aliphatic rings. The fraction of sp³-hybridized carbons (Fsp3) is 0.692. The van der Waals surface area contributed by atoms with Crippen LogP contribution in [-0.4, -0.2) is 35.8 Å². The second-order valence-corrected chi connectivity index (χ2v) is 5.12. The molecule has 0 aliphatic carbocycles. The summed E-state index contributed by atoms with van der Waals surface area (Å²) >= 11 is 6.19. The van der Waals surface area contributed by atoms with Crippen molar-refractivity contribution < 1.29 is 4.74 Å². The SMILES string of the molecule is CCCc1c(Cl)ncnc1N(C)C1CCOC1C. The predicted molar refractivity (Wildman–Crippen MR) is 73.3 cm³/mol. The molecule has 1 aromatic heterocycles. The molecular formula is C13H20ClN3O. The molecule has 0 aromatic carbocycles. The monoisotopic (exact) mass is 269 g/mol. The van der Waals surface area contributed by atoms with Gasteiger partial charge in [-0.3, -0.25) is 0 Å². The van der Waals surface area contributed by atoms with Gasteiger partial charge in [-0.15, -0.1) is 0 Å². The number of rotatable bonds is 4. The molecule has 4 nitrogen and oxygen atoms in total. The van der Waals surface area contributed by atoms with Gasteiger partial charge in [0.1, 0.15) is 17.3 Å². The highest BCUT2D eigenvalue weighted by molar-refractivity contribution is 6.30. The van der Waals surface area contributed by atoms with E-state index in [1.165, 1.54) is 6.33 Å². The van der Waals surface area contributed by atoms with Gasteiger partial charge in [0.05, 0.1) is 12.1 Å². The summed E-state index contributed by atoms with van der Waals surface area (Å²) in [6.07, 6.45) is 4.74. The van der Waals surface area contributed by atoms with Gasteiger partial charge in [0.2, 0.25) is 0 Å². The van der Waals surface area contributed by atoms with Crippen LogP contribution in [0.2, 0.25) is 5.15 Å². The zero-order valence-electron chi connectivity index (χ0n) is 11.2. The Morgan fingerprint density at radius 3 is 2.89 bits per heavy atom. The summed E-state index contributed by atoms with van der Waals surface area (Å²) in [7, 11) is 2.06. The largest absolute Gasteiger partial charge is 0.376 e. The lowest BCUT2D eigenvalue weighted by Crippen LogP contribution is -2.38. The second kappa shape index (κ2) is 5.85. The van der Waals surface area contributed by atoms with Crippen molar-refractivity contribution in [2.45, 2.75) is 45.3 Å². The van der Waals surface area contributed by atoms with E-state index in [1.54, 1.807) is 0 Å². The lowest BCUT2D eigenvalue weighted by molar-refractivity contribution is 0.118. The zero-order chi connectivity index (χ0) is 13.1. The minimum atomic E-state index is 0.234. The molecule has 1 aromatic rings. The van der Waals surface area contributed by atoms with Crippen molar-refractivity contribution in [1.82, 2.24) is 9.97 Å². The zero-order valence-corrected chi connectivity index (χ0v) is 11.9. The van der Waals surface area contributed by atoms with Crippen LogP contribution in [0.4, 0.5) is 5.82 Å². The van der Waals surface area contributed by atoms with Gasteiger partial charge in [-0.05, 0) is 19.8 Å². The molecule has 18 heavy (non-hydrogen) atoms. The number of likely N-dealkylation sites (N-methyl/N-ethyl adjacent to an activating group) is 1. The number of hydrogen-bond donors (Lipinski definition) is 0. The molecule has 0 saturated carbocycles. The molecule has 0 radical (unpaired) electrons. The van der Waals surface area contributed by atoms with Gasteiger partial charge in [0.25, 0.3) is 0 Å². The number of halogens is 1. The van der Waals surface area contributed by atoms with Crippen LogP contribution in [0, 0.1) is 0 Å². The first-order valence-electron chi connectivity index (χ1n) is 6.49. The summed E-state index contributed by atoms with van der Waals surface area (Å²) in [4.78, 5) is 10.7. The minimum Gasteiger partial charge on any atom is -0.376 e. The third-order valence-corrected chi connectivity index (χ3v) is 3.86. The summed E-state index contributed by atoms with van der Waals surface area (Å²) in [5.41, 5.74) is 1.04. The molecule has 0 bridgehead atoms. The number of anilines is 1. The number of hydrogen-bond acceptors (Lipinski definition) is 4. The molecule has 0 N–H and O–H groups in total. The first-order chi connectivity index (χ1) is 8.65. The molecule has 2 heterocycles. The van der Waals surface area contributed by atoms with Crippen molar-refractivity contribution in [3.8, 4) is 0 Å². The molecular weight excluding hydrogens is 250 g/mol. The number of nitrogens with zero attached hydrogens (tertiary/aromatic N) is 3. The lowest BCUT2D eigenvalue weighted by atomic mass is 10.1. The maximum absolute atomic E-state index is 6.19. The molecule has 0 amide bonds. The highest BCUT2D eigenvalue weighted by atomic mass is 35.5. The van der Waals surface area contributed by atoms with Crippen molar-refractivity contribution in [3.05, 3.63) is 17.0 Å². The average molecular weight is 270 g/mol. The first kappa shape index (κ1) is 13.6. The molecule has 1 fully saturated rings. The van der Waals surface area contributed by atoms with Crippen LogP contribution in [-0.2, 0) is 11.2 Å². The normalized spacial score (nSPS) is 23.3. The van der Waals surface area contributed by atoms with Crippen LogP contribution in [0.5, 0.6) is 0 Å². The first-order valence-corrected chi connectivity index (χ1v) is 6.86. The Labute approximate surface area is 113 Å². The average Bonchev–Trinajstić information content (AvgIpc) is 2.77. The number of aromatic nitrogens is 2. The molecule has 100 valence electrons. The second-order valence-electron chi connectivity index (χ2n) is 4.76. The Kier molecular flexibility index (Phi) is 4.40. The highest BCUT2D eigenvalue weighted by Crippen LogP contribution is 2.29.